The van der Waals surface area contributed by atoms with Gasteiger partial charge in [0.15, 0.2) is 11.5 Å². The summed E-state index contributed by atoms with van der Waals surface area (Å²) >= 11 is 6.43. The highest BCUT2D eigenvalue weighted by molar-refractivity contribution is 6.46. The van der Waals surface area contributed by atoms with E-state index in [9.17, 15) is 14.4 Å². The molecule has 7 nitrogen and oxygen atoms in total. The van der Waals surface area contributed by atoms with Gasteiger partial charge in [-0.3, -0.25) is 9.59 Å². The van der Waals surface area contributed by atoms with Crippen LogP contribution in [0.25, 0.3) is 6.08 Å². The lowest BCUT2D eigenvalue weighted by molar-refractivity contribution is -0.121. The van der Waals surface area contributed by atoms with Gasteiger partial charge in [0.1, 0.15) is 5.57 Å². The third-order valence-electron chi connectivity index (χ3n) is 5.29. The van der Waals surface area contributed by atoms with Crippen LogP contribution in [-0.4, -0.2) is 31.6 Å². The number of urea groups is 1. The Morgan fingerprint density at radius 3 is 1.89 bits per heavy atom. The second kappa shape index (κ2) is 10.4. The van der Waals surface area contributed by atoms with Crippen LogP contribution < -0.4 is 19.3 Å². The van der Waals surface area contributed by atoms with E-state index in [0.29, 0.717) is 35.0 Å². The third-order valence-corrected chi connectivity index (χ3v) is 5.57. The van der Waals surface area contributed by atoms with E-state index in [-0.39, 0.29) is 10.6 Å². The number of ether oxygens (including phenoxy) is 2. The van der Waals surface area contributed by atoms with E-state index in [0.717, 1.165) is 16.2 Å². The minimum Gasteiger partial charge on any atom is -0.493 e. The maximum Gasteiger partial charge on any atom is 0.343 e. The number of benzene rings is 3. The van der Waals surface area contributed by atoms with E-state index in [1.165, 1.54) is 13.2 Å². The number of methoxy groups -OCH3 is 1. The van der Waals surface area contributed by atoms with Crippen LogP contribution in [0.5, 0.6) is 11.5 Å². The second-order valence-corrected chi connectivity index (χ2v) is 8.08. The summed E-state index contributed by atoms with van der Waals surface area (Å²) in [5.41, 5.74) is 0.946. The molecule has 0 unspecified atom stereocenters. The van der Waals surface area contributed by atoms with Gasteiger partial charge in [0.25, 0.3) is 11.8 Å². The van der Waals surface area contributed by atoms with Crippen LogP contribution >= 0.6 is 11.6 Å². The van der Waals surface area contributed by atoms with Gasteiger partial charge in [-0.2, -0.15) is 0 Å². The molecule has 1 heterocycles. The maximum absolute atomic E-state index is 13.5. The summed E-state index contributed by atoms with van der Waals surface area (Å²) in [6.45, 7) is 2.42. The van der Waals surface area contributed by atoms with Crippen LogP contribution in [0.15, 0.2) is 78.4 Å². The van der Waals surface area contributed by atoms with Crippen molar-refractivity contribution in [1.82, 2.24) is 0 Å². The molecule has 0 atom stereocenters. The average Bonchev–Trinajstić information content (AvgIpc) is 2.87. The number of hydrogen-bond acceptors (Lipinski definition) is 5. The summed E-state index contributed by atoms with van der Waals surface area (Å²) < 4.78 is 11.1. The van der Waals surface area contributed by atoms with Crippen molar-refractivity contribution in [3.8, 4) is 11.5 Å². The molecule has 0 aromatic heterocycles. The number of rotatable bonds is 7. The quantitative estimate of drug-likeness (QED) is 0.312. The summed E-state index contributed by atoms with van der Waals surface area (Å²) in [5.74, 6) is -0.726. The molecule has 4 rings (SSSR count). The first-order chi connectivity index (χ1) is 17.0. The van der Waals surface area contributed by atoms with Gasteiger partial charge in [-0.05, 0) is 54.5 Å². The topological polar surface area (TPSA) is 76.2 Å². The van der Waals surface area contributed by atoms with Crippen LogP contribution in [0, 0.1) is 0 Å². The Hall–Kier alpha value is -4.10. The van der Waals surface area contributed by atoms with Crippen molar-refractivity contribution in [1.29, 1.82) is 0 Å². The van der Waals surface area contributed by atoms with Gasteiger partial charge < -0.3 is 9.47 Å². The summed E-state index contributed by atoms with van der Waals surface area (Å²) in [4.78, 5) is 42.3. The molecule has 0 aliphatic carbocycles. The monoisotopic (exact) mass is 490 g/mol. The van der Waals surface area contributed by atoms with Gasteiger partial charge in [-0.15, -0.1) is 0 Å². The lowest BCUT2D eigenvalue weighted by Crippen LogP contribution is -2.57. The molecule has 0 radical (unpaired) electrons. The number of anilines is 2. The van der Waals surface area contributed by atoms with E-state index in [1.807, 2.05) is 6.92 Å². The van der Waals surface area contributed by atoms with Gasteiger partial charge in [0.05, 0.1) is 30.1 Å². The second-order valence-electron chi connectivity index (χ2n) is 7.68. The number of imide groups is 2. The first-order valence-corrected chi connectivity index (χ1v) is 11.4. The molecule has 35 heavy (non-hydrogen) atoms. The summed E-state index contributed by atoms with van der Waals surface area (Å²) in [5, 5.41) is 0.274. The van der Waals surface area contributed by atoms with Crippen molar-refractivity contribution < 1.29 is 23.9 Å². The number of halogens is 1. The molecule has 0 spiro atoms. The third kappa shape index (κ3) is 4.76. The van der Waals surface area contributed by atoms with Crippen LogP contribution in [0.3, 0.4) is 0 Å². The van der Waals surface area contributed by atoms with Gasteiger partial charge in [-0.25, -0.2) is 14.6 Å². The molecule has 1 saturated heterocycles. The Bertz CT molecular complexity index is 1230. The molecule has 0 N–H and O–H groups in total. The zero-order valence-electron chi connectivity index (χ0n) is 19.2. The Balaban J connectivity index is 1.84. The highest BCUT2D eigenvalue weighted by atomic mass is 35.5. The van der Waals surface area contributed by atoms with Crippen molar-refractivity contribution in [3.63, 3.8) is 0 Å². The number of hydrogen-bond donors (Lipinski definition) is 0. The van der Waals surface area contributed by atoms with E-state index in [1.54, 1.807) is 72.8 Å². The van der Waals surface area contributed by atoms with E-state index in [4.69, 9.17) is 21.1 Å². The molecule has 178 valence electrons. The van der Waals surface area contributed by atoms with Crippen molar-refractivity contribution in [2.45, 2.75) is 13.3 Å². The predicted octanol–water partition coefficient (Wildman–Crippen LogP) is 5.72. The van der Waals surface area contributed by atoms with E-state index < -0.39 is 17.8 Å². The minimum absolute atomic E-state index is 0.197. The summed E-state index contributed by atoms with van der Waals surface area (Å²) in [6, 6.07) is 19.4. The molecule has 1 fully saturated rings. The first kappa shape index (κ1) is 24.0. The van der Waals surface area contributed by atoms with Gasteiger partial charge in [-0.1, -0.05) is 54.9 Å². The lowest BCUT2D eigenvalue weighted by Gasteiger charge is -2.34. The number of nitrogens with zero attached hydrogens (tertiary/aromatic N) is 2. The fourth-order valence-corrected chi connectivity index (χ4v) is 3.95. The first-order valence-electron chi connectivity index (χ1n) is 11.0. The lowest BCUT2D eigenvalue weighted by atomic mass is 10.0. The highest BCUT2D eigenvalue weighted by Gasteiger charge is 2.43. The van der Waals surface area contributed by atoms with Crippen molar-refractivity contribution >= 4 is 46.9 Å². The molecule has 1 aliphatic heterocycles. The number of carbonyl (C=O) groups excluding carboxylic acids is 3. The summed E-state index contributed by atoms with van der Waals surface area (Å²) in [6.07, 6.45) is 2.19. The Labute approximate surface area is 208 Å². The largest absolute Gasteiger partial charge is 0.493 e. The molecule has 0 bridgehead atoms. The fourth-order valence-electron chi connectivity index (χ4n) is 3.67. The molecule has 8 heteroatoms. The number of amides is 4. The highest BCUT2D eigenvalue weighted by Crippen LogP contribution is 2.38. The SMILES string of the molecule is CCCOc1c(Cl)cc(C=C2C(=O)N(c3ccccc3)C(=O)N(c3ccccc3)C2=O)cc1OC. The predicted molar refractivity (Wildman–Crippen MR) is 135 cm³/mol. The standard InChI is InChI=1S/C27H23ClN2O5/c1-3-14-35-24-22(28)16-18(17-23(24)34-2)15-21-25(31)29(19-10-6-4-7-11-19)27(33)30(26(21)32)20-12-8-5-9-13-20/h4-13,15-17H,3,14H2,1-2H3. The summed E-state index contributed by atoms with van der Waals surface area (Å²) in [7, 11) is 1.48. The number of carbonyl (C=O) groups is 3. The number of barbiturate groups is 1. The van der Waals surface area contributed by atoms with Crippen molar-refractivity contribution in [2.75, 3.05) is 23.5 Å². The Morgan fingerprint density at radius 2 is 1.40 bits per heavy atom. The van der Waals surface area contributed by atoms with Crippen molar-refractivity contribution in [2.24, 2.45) is 0 Å². The minimum atomic E-state index is -0.756. The smallest absolute Gasteiger partial charge is 0.343 e. The van der Waals surface area contributed by atoms with Gasteiger partial charge in [0, 0.05) is 0 Å². The van der Waals surface area contributed by atoms with Gasteiger partial charge >= 0.3 is 6.03 Å². The molecular weight excluding hydrogens is 468 g/mol. The molecule has 3 aromatic carbocycles. The number of para-hydroxylation sites is 2. The molecule has 1 aliphatic rings. The Kier molecular flexibility index (Phi) is 7.17. The van der Waals surface area contributed by atoms with Crippen molar-refractivity contribution in [3.05, 3.63) is 89.0 Å². The van der Waals surface area contributed by atoms with Crippen LogP contribution in [-0.2, 0) is 9.59 Å². The fraction of sp³-hybridized carbons (Fsp3) is 0.148. The normalized spacial score (nSPS) is 13.8. The van der Waals surface area contributed by atoms with E-state index in [2.05, 4.69) is 0 Å². The van der Waals surface area contributed by atoms with Gasteiger partial charge in [0.2, 0.25) is 0 Å². The Morgan fingerprint density at radius 1 is 0.857 bits per heavy atom. The van der Waals surface area contributed by atoms with Crippen LogP contribution in [0.1, 0.15) is 18.9 Å². The average molecular weight is 491 g/mol. The zero-order chi connectivity index (χ0) is 24.9. The molecule has 4 amide bonds. The molecule has 0 saturated carbocycles. The van der Waals surface area contributed by atoms with Crippen LogP contribution in [0.4, 0.5) is 16.2 Å². The van der Waals surface area contributed by atoms with Crippen LogP contribution in [0.2, 0.25) is 5.02 Å². The zero-order valence-corrected chi connectivity index (χ0v) is 20.0. The van der Waals surface area contributed by atoms with E-state index >= 15 is 0 Å². The molecule has 3 aromatic rings. The maximum atomic E-state index is 13.5. The molecular formula is C27H23ClN2O5.